The zero-order valence-electron chi connectivity index (χ0n) is 20.8. The highest BCUT2D eigenvalue weighted by Crippen LogP contribution is 2.38. The number of hydrogen-bond donors (Lipinski definition) is 1. The number of nitrogens with zero attached hydrogens (tertiary/aromatic N) is 1. The molecule has 10 heteroatoms. The van der Waals surface area contributed by atoms with E-state index >= 15 is 0 Å². The van der Waals surface area contributed by atoms with E-state index < -0.39 is 22.0 Å². The van der Waals surface area contributed by atoms with Gasteiger partial charge in [0.1, 0.15) is 24.7 Å². The number of sulfonamides is 1. The van der Waals surface area contributed by atoms with Gasteiger partial charge in [-0.25, -0.2) is 8.42 Å². The van der Waals surface area contributed by atoms with Crippen molar-refractivity contribution in [2.24, 2.45) is 0 Å². The van der Waals surface area contributed by atoms with Crippen molar-refractivity contribution in [1.82, 2.24) is 5.32 Å². The van der Waals surface area contributed by atoms with Gasteiger partial charge in [0.2, 0.25) is 0 Å². The molecule has 0 bridgehead atoms. The average molecular weight is 525 g/mol. The molecule has 0 spiro atoms. The lowest BCUT2D eigenvalue weighted by Crippen LogP contribution is -2.51. The zero-order valence-corrected chi connectivity index (χ0v) is 21.6. The van der Waals surface area contributed by atoms with Crippen LogP contribution in [0.1, 0.15) is 24.1 Å². The maximum absolute atomic E-state index is 13.7. The molecule has 0 aromatic heterocycles. The molecule has 3 aromatic carbocycles. The van der Waals surface area contributed by atoms with Crippen molar-refractivity contribution in [2.45, 2.75) is 30.9 Å². The highest BCUT2D eigenvalue weighted by atomic mass is 32.2. The molecular weight excluding hydrogens is 496 g/mol. The molecule has 0 aliphatic carbocycles. The molecule has 0 radical (unpaired) electrons. The summed E-state index contributed by atoms with van der Waals surface area (Å²) in [5.41, 5.74) is 2.09. The normalized spacial score (nSPS) is 17.3. The summed E-state index contributed by atoms with van der Waals surface area (Å²) in [6.45, 7) is 4.50. The number of fused-ring (bicyclic) bond motifs is 2. The Bertz CT molecular complexity index is 1420. The van der Waals surface area contributed by atoms with Crippen molar-refractivity contribution in [1.29, 1.82) is 0 Å². The van der Waals surface area contributed by atoms with E-state index in [0.29, 0.717) is 41.9 Å². The SMILES string of the molecule is COc1ccc(S(=O)(=O)N2C[C@@H](C(=O)N[C@@H](C)c3ccc4c(c3)OCCO4)Oc3cc(C)ccc32)cc1. The lowest BCUT2D eigenvalue weighted by atomic mass is 10.1. The van der Waals surface area contributed by atoms with Crippen LogP contribution in [0.2, 0.25) is 0 Å². The van der Waals surface area contributed by atoms with E-state index in [9.17, 15) is 13.2 Å². The number of benzene rings is 3. The van der Waals surface area contributed by atoms with E-state index in [0.717, 1.165) is 11.1 Å². The van der Waals surface area contributed by atoms with Crippen molar-refractivity contribution in [3.8, 4) is 23.0 Å². The summed E-state index contributed by atoms with van der Waals surface area (Å²) in [5.74, 6) is 1.73. The predicted molar refractivity (Wildman–Crippen MR) is 137 cm³/mol. The Morgan fingerprint density at radius 1 is 1.00 bits per heavy atom. The van der Waals surface area contributed by atoms with Crippen LogP contribution in [0, 0.1) is 6.92 Å². The fourth-order valence-corrected chi connectivity index (χ4v) is 5.80. The number of aryl methyl sites for hydroxylation is 1. The van der Waals surface area contributed by atoms with Gasteiger partial charge in [-0.1, -0.05) is 12.1 Å². The molecule has 0 saturated heterocycles. The van der Waals surface area contributed by atoms with Crippen LogP contribution in [-0.2, 0) is 14.8 Å². The molecule has 2 atom stereocenters. The summed E-state index contributed by atoms with van der Waals surface area (Å²) in [6, 6.07) is 16.5. The van der Waals surface area contributed by atoms with Crippen molar-refractivity contribution in [3.05, 3.63) is 71.8 Å². The van der Waals surface area contributed by atoms with Crippen LogP contribution >= 0.6 is 0 Å². The first-order chi connectivity index (χ1) is 17.8. The molecular formula is C27H28N2O7S. The third kappa shape index (κ3) is 4.89. The molecule has 2 aliphatic heterocycles. The summed E-state index contributed by atoms with van der Waals surface area (Å²) >= 11 is 0. The van der Waals surface area contributed by atoms with Gasteiger partial charge in [0, 0.05) is 0 Å². The molecule has 37 heavy (non-hydrogen) atoms. The number of amides is 1. The molecule has 194 valence electrons. The first-order valence-electron chi connectivity index (χ1n) is 11.9. The van der Waals surface area contributed by atoms with E-state index in [2.05, 4.69) is 5.32 Å². The van der Waals surface area contributed by atoms with Crippen molar-refractivity contribution in [2.75, 3.05) is 31.2 Å². The second kappa shape index (κ2) is 9.85. The third-order valence-electron chi connectivity index (χ3n) is 6.35. The highest BCUT2D eigenvalue weighted by molar-refractivity contribution is 7.92. The lowest BCUT2D eigenvalue weighted by Gasteiger charge is -2.35. The summed E-state index contributed by atoms with van der Waals surface area (Å²) in [7, 11) is -2.47. The maximum Gasteiger partial charge on any atom is 0.264 e. The van der Waals surface area contributed by atoms with Crippen LogP contribution in [-0.4, -0.2) is 47.3 Å². The number of carbonyl (C=O) groups is 1. The number of carbonyl (C=O) groups excluding carboxylic acids is 1. The molecule has 2 aliphatic rings. The van der Waals surface area contributed by atoms with Gasteiger partial charge in [0.25, 0.3) is 15.9 Å². The van der Waals surface area contributed by atoms with Crippen LogP contribution in [0.3, 0.4) is 0 Å². The average Bonchev–Trinajstić information content (AvgIpc) is 2.91. The fraction of sp³-hybridized carbons (Fsp3) is 0.296. The van der Waals surface area contributed by atoms with E-state index in [4.69, 9.17) is 18.9 Å². The van der Waals surface area contributed by atoms with Crippen molar-refractivity contribution < 1.29 is 32.2 Å². The summed E-state index contributed by atoms with van der Waals surface area (Å²) < 4.78 is 50.9. The number of rotatable bonds is 6. The van der Waals surface area contributed by atoms with Gasteiger partial charge in [-0.3, -0.25) is 9.10 Å². The van der Waals surface area contributed by atoms with Crippen LogP contribution in [0.4, 0.5) is 5.69 Å². The van der Waals surface area contributed by atoms with E-state index in [1.54, 1.807) is 24.3 Å². The van der Waals surface area contributed by atoms with Crippen LogP contribution in [0.5, 0.6) is 23.0 Å². The van der Waals surface area contributed by atoms with Crippen LogP contribution < -0.4 is 28.6 Å². The molecule has 2 heterocycles. The number of hydrogen-bond acceptors (Lipinski definition) is 7. The molecule has 5 rings (SSSR count). The Balaban J connectivity index is 1.40. The largest absolute Gasteiger partial charge is 0.497 e. The minimum absolute atomic E-state index is 0.0885. The quantitative estimate of drug-likeness (QED) is 0.526. The second-order valence-corrected chi connectivity index (χ2v) is 10.8. The van der Waals surface area contributed by atoms with Crippen molar-refractivity contribution >= 4 is 21.6 Å². The topological polar surface area (TPSA) is 103 Å². The summed E-state index contributed by atoms with van der Waals surface area (Å²) in [4.78, 5) is 13.4. The van der Waals surface area contributed by atoms with Crippen molar-refractivity contribution in [3.63, 3.8) is 0 Å². The molecule has 1 N–H and O–H groups in total. The Labute approximate surface area is 216 Å². The Kier molecular flexibility index (Phi) is 6.59. The van der Waals surface area contributed by atoms with Gasteiger partial charge in [-0.05, 0) is 73.5 Å². The predicted octanol–water partition coefficient (Wildman–Crippen LogP) is 3.61. The molecule has 0 fully saturated rings. The van der Waals surface area contributed by atoms with E-state index in [1.807, 2.05) is 38.1 Å². The summed E-state index contributed by atoms with van der Waals surface area (Å²) in [6.07, 6.45) is -1.05. The minimum atomic E-state index is -3.98. The van der Waals surface area contributed by atoms with E-state index in [-0.39, 0.29) is 17.5 Å². The van der Waals surface area contributed by atoms with Gasteiger partial charge >= 0.3 is 0 Å². The van der Waals surface area contributed by atoms with Gasteiger partial charge in [0.15, 0.2) is 17.6 Å². The molecule has 3 aromatic rings. The monoisotopic (exact) mass is 524 g/mol. The number of nitrogens with one attached hydrogen (secondary N) is 1. The Hall–Kier alpha value is -3.92. The highest BCUT2D eigenvalue weighted by Gasteiger charge is 2.38. The first kappa shape index (κ1) is 24.8. The van der Waals surface area contributed by atoms with Gasteiger partial charge in [-0.2, -0.15) is 0 Å². The fourth-order valence-electron chi connectivity index (χ4n) is 4.32. The number of anilines is 1. The number of ether oxygens (including phenoxy) is 4. The maximum atomic E-state index is 13.7. The van der Waals surface area contributed by atoms with Gasteiger partial charge in [0.05, 0.1) is 30.3 Å². The third-order valence-corrected chi connectivity index (χ3v) is 8.14. The lowest BCUT2D eigenvalue weighted by molar-refractivity contribution is -0.128. The Morgan fingerprint density at radius 2 is 1.73 bits per heavy atom. The molecule has 0 saturated carbocycles. The zero-order chi connectivity index (χ0) is 26.2. The molecule has 0 unspecified atom stereocenters. The summed E-state index contributed by atoms with van der Waals surface area (Å²) in [5, 5.41) is 2.95. The van der Waals surface area contributed by atoms with Crippen LogP contribution in [0.15, 0.2) is 65.6 Å². The number of methoxy groups -OCH3 is 1. The van der Waals surface area contributed by atoms with E-state index in [1.165, 1.54) is 23.5 Å². The Morgan fingerprint density at radius 3 is 2.46 bits per heavy atom. The molecule has 9 nitrogen and oxygen atoms in total. The minimum Gasteiger partial charge on any atom is -0.497 e. The van der Waals surface area contributed by atoms with Gasteiger partial charge < -0.3 is 24.3 Å². The standard InChI is InChI=1S/C27H28N2O7S/c1-17-4-10-22-24(14-17)36-26(16-29(22)37(31,32)21-8-6-20(33-3)7-9-21)27(30)28-18(2)19-5-11-23-25(15-19)35-13-12-34-23/h4-11,14-15,18,26H,12-13,16H2,1-3H3,(H,28,30)/t18-,26-/m0/s1. The smallest absolute Gasteiger partial charge is 0.264 e. The van der Waals surface area contributed by atoms with Gasteiger partial charge in [-0.15, -0.1) is 0 Å². The first-order valence-corrected chi connectivity index (χ1v) is 13.3. The second-order valence-electron chi connectivity index (χ2n) is 8.92. The van der Waals surface area contributed by atoms with Crippen LogP contribution in [0.25, 0.3) is 0 Å². The molecule has 1 amide bonds.